The number of hydrogen-bond donors (Lipinski definition) is 0. The first kappa shape index (κ1) is 16.0. The van der Waals surface area contributed by atoms with Crippen molar-refractivity contribution < 1.29 is 22.0 Å². The number of rotatable bonds is 2. The van der Waals surface area contributed by atoms with Crippen molar-refractivity contribution in [3.05, 3.63) is 57.6 Å². The maximum atomic E-state index is 13.0. The van der Waals surface area contributed by atoms with E-state index in [9.17, 15) is 22.0 Å². The van der Waals surface area contributed by atoms with Crippen LogP contribution in [0, 0.1) is 0 Å². The molecule has 0 aromatic heterocycles. The van der Waals surface area contributed by atoms with Gasteiger partial charge in [-0.05, 0) is 41.5 Å². The smallest absolute Gasteiger partial charge is 0.205 e. The van der Waals surface area contributed by atoms with E-state index in [4.69, 9.17) is 23.2 Å². The van der Waals surface area contributed by atoms with Crippen LogP contribution in [0.1, 0.15) is 17.6 Å². The van der Waals surface area contributed by atoms with E-state index in [0.717, 1.165) is 12.1 Å². The zero-order valence-electron chi connectivity index (χ0n) is 10.2. The van der Waals surface area contributed by atoms with Gasteiger partial charge in [0.15, 0.2) is 0 Å². The summed E-state index contributed by atoms with van der Waals surface area (Å²) >= 11 is 11.6. The Morgan fingerprint density at radius 1 is 0.857 bits per heavy atom. The van der Waals surface area contributed by atoms with Crippen LogP contribution in [0.25, 0.3) is 11.1 Å². The molecule has 0 unspecified atom stereocenters. The molecule has 0 heterocycles. The first-order valence-electron chi connectivity index (χ1n) is 5.64. The lowest BCUT2D eigenvalue weighted by Gasteiger charge is -2.14. The number of halogens is 7. The molecule has 0 aliphatic rings. The molecule has 0 saturated heterocycles. The minimum absolute atomic E-state index is 0.0394. The van der Waals surface area contributed by atoms with Gasteiger partial charge >= 0.3 is 6.18 Å². The van der Waals surface area contributed by atoms with Crippen molar-refractivity contribution in [2.45, 2.75) is 12.6 Å². The highest BCUT2D eigenvalue weighted by Gasteiger charge is 2.32. The lowest BCUT2D eigenvalue weighted by Crippen LogP contribution is -2.06. The van der Waals surface area contributed by atoms with Crippen molar-refractivity contribution in [2.24, 2.45) is 0 Å². The van der Waals surface area contributed by atoms with Gasteiger partial charge in [-0.3, -0.25) is 0 Å². The maximum absolute atomic E-state index is 13.0. The Balaban J connectivity index is 2.63. The van der Waals surface area contributed by atoms with Crippen LogP contribution in [0.5, 0.6) is 0 Å². The topological polar surface area (TPSA) is 0 Å². The molecule has 0 amide bonds. The van der Waals surface area contributed by atoms with Crippen molar-refractivity contribution in [1.82, 2.24) is 0 Å². The van der Waals surface area contributed by atoms with Gasteiger partial charge in [0, 0.05) is 15.6 Å². The summed E-state index contributed by atoms with van der Waals surface area (Å²) < 4.78 is 63.9. The molecule has 0 N–H and O–H groups in total. The van der Waals surface area contributed by atoms with E-state index in [1.54, 1.807) is 0 Å². The molecule has 21 heavy (non-hydrogen) atoms. The molecule has 0 aliphatic carbocycles. The summed E-state index contributed by atoms with van der Waals surface area (Å²) in [7, 11) is 0. The minimum Gasteiger partial charge on any atom is -0.205 e. The molecule has 0 spiro atoms. The van der Waals surface area contributed by atoms with Gasteiger partial charge in [-0.2, -0.15) is 13.2 Å². The molecule has 7 heteroatoms. The molecule has 0 fully saturated rings. The van der Waals surface area contributed by atoms with Crippen molar-refractivity contribution in [3.63, 3.8) is 0 Å². The summed E-state index contributed by atoms with van der Waals surface area (Å²) in [5, 5.41) is 0.412. The first-order chi connectivity index (χ1) is 9.68. The summed E-state index contributed by atoms with van der Waals surface area (Å²) in [6.07, 6.45) is -7.74. The third-order valence-corrected chi connectivity index (χ3v) is 3.22. The molecule has 0 nitrogen and oxygen atoms in total. The Kier molecular flexibility index (Phi) is 4.44. The van der Waals surface area contributed by atoms with Crippen LogP contribution in [0.15, 0.2) is 36.4 Å². The van der Waals surface area contributed by atoms with Crippen molar-refractivity contribution in [1.29, 1.82) is 0 Å². The van der Waals surface area contributed by atoms with E-state index in [-0.39, 0.29) is 21.2 Å². The summed E-state index contributed by atoms with van der Waals surface area (Å²) in [5.41, 5.74) is -1.66. The molecule has 0 aliphatic heterocycles. The predicted octanol–water partition coefficient (Wildman–Crippen LogP) is 6.62. The highest BCUT2D eigenvalue weighted by molar-refractivity contribution is 6.35. The first-order valence-corrected chi connectivity index (χ1v) is 6.40. The zero-order valence-corrected chi connectivity index (χ0v) is 11.7. The largest absolute Gasteiger partial charge is 0.416 e. The van der Waals surface area contributed by atoms with Crippen LogP contribution in [0.3, 0.4) is 0 Å². The Morgan fingerprint density at radius 3 is 1.90 bits per heavy atom. The van der Waals surface area contributed by atoms with Crippen LogP contribution in [-0.4, -0.2) is 0 Å². The van der Waals surface area contributed by atoms with Crippen molar-refractivity contribution in [2.75, 3.05) is 0 Å². The average Bonchev–Trinajstić information content (AvgIpc) is 2.35. The molecule has 2 aromatic rings. The monoisotopic (exact) mass is 340 g/mol. The minimum atomic E-state index is -4.69. The Morgan fingerprint density at radius 2 is 1.43 bits per heavy atom. The molecule has 2 aromatic carbocycles. The fraction of sp³-hybridized carbons (Fsp3) is 0.143. The predicted molar refractivity (Wildman–Crippen MR) is 71.9 cm³/mol. The second-order valence-corrected chi connectivity index (χ2v) is 5.13. The Hall–Kier alpha value is -1.33. The van der Waals surface area contributed by atoms with Crippen LogP contribution in [-0.2, 0) is 6.18 Å². The van der Waals surface area contributed by atoms with Gasteiger partial charge in [0.1, 0.15) is 0 Å². The highest BCUT2D eigenvalue weighted by atomic mass is 35.5. The molecule has 0 atom stereocenters. The van der Waals surface area contributed by atoms with Crippen LogP contribution < -0.4 is 0 Å². The van der Waals surface area contributed by atoms with E-state index in [1.807, 2.05) is 0 Å². The van der Waals surface area contributed by atoms with Gasteiger partial charge in [0.2, 0.25) is 0 Å². The van der Waals surface area contributed by atoms with Gasteiger partial charge < -0.3 is 0 Å². The number of alkyl halides is 5. The number of hydrogen-bond acceptors (Lipinski definition) is 0. The Labute approximate surface area is 127 Å². The number of benzene rings is 2. The highest BCUT2D eigenvalue weighted by Crippen LogP contribution is 2.38. The summed E-state index contributed by atoms with van der Waals surface area (Å²) in [6.45, 7) is 0. The lowest BCUT2D eigenvalue weighted by molar-refractivity contribution is -0.137. The molecule has 2 rings (SSSR count). The molecular formula is C14H7Cl2F5. The SMILES string of the molecule is FC(F)c1cc(C(F)(F)F)ccc1-c1cc(Cl)cc(Cl)c1. The fourth-order valence-electron chi connectivity index (χ4n) is 1.89. The van der Waals surface area contributed by atoms with Crippen LogP contribution in [0.4, 0.5) is 22.0 Å². The molecular weight excluding hydrogens is 334 g/mol. The average molecular weight is 341 g/mol. The van der Waals surface area contributed by atoms with Gasteiger partial charge in [-0.15, -0.1) is 0 Å². The van der Waals surface area contributed by atoms with Crippen molar-refractivity contribution >= 4 is 23.2 Å². The molecule has 0 saturated carbocycles. The van der Waals surface area contributed by atoms with E-state index < -0.39 is 23.7 Å². The quantitative estimate of drug-likeness (QED) is 0.539. The maximum Gasteiger partial charge on any atom is 0.416 e. The second kappa shape index (κ2) is 5.81. The van der Waals surface area contributed by atoms with Crippen LogP contribution >= 0.6 is 23.2 Å². The van der Waals surface area contributed by atoms with Gasteiger partial charge in [-0.25, -0.2) is 8.78 Å². The third kappa shape index (κ3) is 3.66. The fourth-order valence-corrected chi connectivity index (χ4v) is 2.42. The van der Waals surface area contributed by atoms with Crippen LogP contribution in [0.2, 0.25) is 10.0 Å². The lowest BCUT2D eigenvalue weighted by atomic mass is 9.97. The standard InChI is InChI=1S/C14H7Cl2F5/c15-9-3-7(4-10(16)6-9)11-2-1-8(14(19,20)21)5-12(11)13(17)18/h1-6,13H. The van der Waals surface area contributed by atoms with E-state index in [2.05, 4.69) is 0 Å². The zero-order chi connectivity index (χ0) is 15.8. The molecule has 0 radical (unpaired) electrons. The molecule has 0 bridgehead atoms. The van der Waals surface area contributed by atoms with Crippen molar-refractivity contribution in [3.8, 4) is 11.1 Å². The molecule has 112 valence electrons. The second-order valence-electron chi connectivity index (χ2n) is 4.26. The summed E-state index contributed by atoms with van der Waals surface area (Å²) in [6, 6.07) is 6.31. The Bertz CT molecular complexity index is 645. The third-order valence-electron chi connectivity index (χ3n) is 2.79. The summed E-state index contributed by atoms with van der Waals surface area (Å²) in [5.74, 6) is 0. The van der Waals surface area contributed by atoms with E-state index >= 15 is 0 Å². The summed E-state index contributed by atoms with van der Waals surface area (Å²) in [4.78, 5) is 0. The van der Waals surface area contributed by atoms with Gasteiger partial charge in [-0.1, -0.05) is 29.3 Å². The van der Waals surface area contributed by atoms with Gasteiger partial charge in [0.05, 0.1) is 5.56 Å². The van der Waals surface area contributed by atoms with Gasteiger partial charge in [0.25, 0.3) is 6.43 Å². The van der Waals surface area contributed by atoms with E-state index in [0.29, 0.717) is 6.07 Å². The van der Waals surface area contributed by atoms with E-state index in [1.165, 1.54) is 18.2 Å². The normalized spacial score (nSPS) is 12.0.